The van der Waals surface area contributed by atoms with E-state index >= 15 is 0 Å². The molecule has 3 aliphatic rings. The number of hydrogen-bond donors (Lipinski definition) is 0. The lowest BCUT2D eigenvalue weighted by Crippen LogP contribution is -2.33. The molecule has 0 amide bonds. The van der Waals surface area contributed by atoms with Gasteiger partial charge in [0.2, 0.25) is 0 Å². The maximum Gasteiger partial charge on any atom is 0.125 e. The van der Waals surface area contributed by atoms with Crippen LogP contribution in [0.4, 0.5) is 0 Å². The lowest BCUT2D eigenvalue weighted by atomic mass is 9.59. The summed E-state index contributed by atoms with van der Waals surface area (Å²) >= 11 is 0. The van der Waals surface area contributed by atoms with E-state index in [0.29, 0.717) is 11.8 Å². The van der Waals surface area contributed by atoms with Crippen LogP contribution in [0.15, 0.2) is 48.0 Å². The number of rotatable bonds is 3. The Morgan fingerprint density at radius 2 is 1.38 bits per heavy atom. The zero-order valence-corrected chi connectivity index (χ0v) is 14.1. The lowest BCUT2D eigenvalue weighted by molar-refractivity contribution is 0.0606. The van der Waals surface area contributed by atoms with Crippen molar-refractivity contribution in [1.82, 2.24) is 0 Å². The first-order valence-electron chi connectivity index (χ1n) is 8.42. The summed E-state index contributed by atoms with van der Waals surface area (Å²) in [4.78, 5) is 0. The van der Waals surface area contributed by atoms with Gasteiger partial charge in [-0.05, 0) is 30.2 Å². The summed E-state index contributed by atoms with van der Waals surface area (Å²) < 4.78 is 17.7. The van der Waals surface area contributed by atoms with Crippen LogP contribution in [0.3, 0.4) is 0 Å². The van der Waals surface area contributed by atoms with Crippen molar-refractivity contribution in [2.45, 2.75) is 19.1 Å². The van der Waals surface area contributed by atoms with E-state index in [-0.39, 0.29) is 12.2 Å². The molecule has 4 atom stereocenters. The SMILES string of the molecule is COc1ccc(OC)c2c1[C@H]1O[C@@H]2[C@@H]2C(C)=C(c3ccccc3)[C@@H]21. The number of fused-ring (bicyclic) bond motifs is 8. The zero-order chi connectivity index (χ0) is 16.4. The average Bonchev–Trinajstić information content (AvgIpc) is 3.15. The Balaban J connectivity index is 1.65. The molecule has 1 aliphatic carbocycles. The number of methoxy groups -OCH3 is 2. The van der Waals surface area contributed by atoms with Crippen molar-refractivity contribution in [3.8, 4) is 11.5 Å². The molecule has 24 heavy (non-hydrogen) atoms. The molecule has 2 aromatic carbocycles. The molecule has 0 spiro atoms. The standard InChI is InChI=1S/C21H20O3/c1-11-15(12-7-5-4-6-8-12)19-16(11)20-17-13(22-2)9-10-14(23-3)18(17)21(19)24-20/h4-10,16,19-21H,1-3H3/t16-,19+,20-,21-/m1/s1. The van der Waals surface area contributed by atoms with Crippen molar-refractivity contribution in [2.75, 3.05) is 14.2 Å². The maximum atomic E-state index is 6.44. The molecular weight excluding hydrogens is 300 g/mol. The summed E-state index contributed by atoms with van der Waals surface area (Å²) in [5.41, 5.74) is 6.59. The van der Waals surface area contributed by atoms with Gasteiger partial charge in [0, 0.05) is 23.0 Å². The summed E-state index contributed by atoms with van der Waals surface area (Å²) in [6.45, 7) is 2.25. The minimum atomic E-state index is 0.0685. The van der Waals surface area contributed by atoms with Gasteiger partial charge in [-0.1, -0.05) is 35.9 Å². The molecule has 0 N–H and O–H groups in total. The van der Waals surface area contributed by atoms with Crippen molar-refractivity contribution < 1.29 is 14.2 Å². The number of hydrogen-bond acceptors (Lipinski definition) is 3. The molecule has 0 saturated carbocycles. The third kappa shape index (κ3) is 1.56. The maximum absolute atomic E-state index is 6.44. The Hall–Kier alpha value is -2.26. The van der Waals surface area contributed by atoms with Gasteiger partial charge in [-0.15, -0.1) is 0 Å². The number of benzene rings is 2. The smallest absolute Gasteiger partial charge is 0.125 e. The van der Waals surface area contributed by atoms with Gasteiger partial charge in [0.15, 0.2) is 0 Å². The Morgan fingerprint density at radius 3 is 1.96 bits per heavy atom. The second kappa shape index (κ2) is 4.87. The Kier molecular flexibility index (Phi) is 2.86. The van der Waals surface area contributed by atoms with Crippen LogP contribution in [0.25, 0.3) is 5.57 Å². The fourth-order valence-electron chi connectivity index (χ4n) is 4.95. The monoisotopic (exact) mass is 320 g/mol. The molecule has 0 radical (unpaired) electrons. The van der Waals surface area contributed by atoms with Crippen LogP contribution in [-0.4, -0.2) is 14.2 Å². The van der Waals surface area contributed by atoms with Gasteiger partial charge in [-0.25, -0.2) is 0 Å². The highest BCUT2D eigenvalue weighted by Crippen LogP contribution is 2.71. The van der Waals surface area contributed by atoms with Gasteiger partial charge in [0.05, 0.1) is 26.4 Å². The van der Waals surface area contributed by atoms with E-state index in [0.717, 1.165) is 11.5 Å². The fourth-order valence-corrected chi connectivity index (χ4v) is 4.95. The first-order chi connectivity index (χ1) is 11.8. The van der Waals surface area contributed by atoms with Crippen molar-refractivity contribution in [3.05, 3.63) is 64.7 Å². The molecule has 3 heteroatoms. The largest absolute Gasteiger partial charge is 0.496 e. The molecule has 2 aromatic rings. The topological polar surface area (TPSA) is 27.7 Å². The summed E-state index contributed by atoms with van der Waals surface area (Å²) in [5, 5.41) is 0. The molecule has 0 unspecified atom stereocenters. The molecule has 2 aliphatic heterocycles. The van der Waals surface area contributed by atoms with Crippen LogP contribution in [0.2, 0.25) is 0 Å². The van der Waals surface area contributed by atoms with Crippen molar-refractivity contribution in [1.29, 1.82) is 0 Å². The quantitative estimate of drug-likeness (QED) is 0.830. The molecule has 3 nitrogen and oxygen atoms in total. The highest BCUT2D eigenvalue weighted by molar-refractivity contribution is 5.80. The Labute approximate surface area is 141 Å². The van der Waals surface area contributed by atoms with Crippen molar-refractivity contribution in [3.63, 3.8) is 0 Å². The molecule has 2 heterocycles. The van der Waals surface area contributed by atoms with Crippen LogP contribution in [0.1, 0.15) is 35.8 Å². The molecule has 5 rings (SSSR count). The number of ether oxygens (including phenoxy) is 3. The molecule has 1 fully saturated rings. The van der Waals surface area contributed by atoms with Crippen LogP contribution >= 0.6 is 0 Å². The predicted molar refractivity (Wildman–Crippen MR) is 92.1 cm³/mol. The van der Waals surface area contributed by atoms with Gasteiger partial charge >= 0.3 is 0 Å². The third-order valence-corrected chi connectivity index (χ3v) is 5.89. The predicted octanol–water partition coefficient (Wildman–Crippen LogP) is 4.55. The van der Waals surface area contributed by atoms with Gasteiger partial charge in [0.25, 0.3) is 0 Å². The summed E-state index contributed by atoms with van der Waals surface area (Å²) in [7, 11) is 3.45. The molecular formula is C21H20O3. The molecule has 122 valence electrons. The Bertz CT molecular complexity index is 853. The molecule has 1 saturated heterocycles. The van der Waals surface area contributed by atoms with E-state index in [1.807, 2.05) is 12.1 Å². The van der Waals surface area contributed by atoms with Crippen molar-refractivity contribution >= 4 is 5.57 Å². The van der Waals surface area contributed by atoms with E-state index < -0.39 is 0 Å². The first-order valence-corrected chi connectivity index (χ1v) is 8.42. The van der Waals surface area contributed by atoms with Gasteiger partial charge in [-0.2, -0.15) is 0 Å². The highest BCUT2D eigenvalue weighted by Gasteiger charge is 2.61. The summed E-state index contributed by atoms with van der Waals surface area (Å²) in [6.07, 6.45) is 0.159. The fraction of sp³-hybridized carbons (Fsp3) is 0.333. The molecule has 0 aromatic heterocycles. The lowest BCUT2D eigenvalue weighted by Gasteiger charge is -2.42. The van der Waals surface area contributed by atoms with Gasteiger partial charge < -0.3 is 14.2 Å². The first kappa shape index (κ1) is 14.1. The van der Waals surface area contributed by atoms with E-state index in [2.05, 4.69) is 37.3 Å². The normalized spacial score (nSPS) is 29.1. The Morgan fingerprint density at radius 1 is 0.792 bits per heavy atom. The van der Waals surface area contributed by atoms with Gasteiger partial charge in [-0.3, -0.25) is 0 Å². The van der Waals surface area contributed by atoms with E-state index in [1.165, 1.54) is 27.8 Å². The second-order valence-electron chi connectivity index (χ2n) is 6.79. The molecule has 2 bridgehead atoms. The summed E-state index contributed by atoms with van der Waals surface area (Å²) in [6, 6.07) is 14.7. The minimum absolute atomic E-state index is 0.0685. The van der Waals surface area contributed by atoms with Crippen molar-refractivity contribution in [2.24, 2.45) is 11.8 Å². The van der Waals surface area contributed by atoms with Crippen LogP contribution in [0.5, 0.6) is 11.5 Å². The van der Waals surface area contributed by atoms with Crippen LogP contribution in [0, 0.1) is 11.8 Å². The van der Waals surface area contributed by atoms with E-state index in [9.17, 15) is 0 Å². The van der Waals surface area contributed by atoms with Gasteiger partial charge in [0.1, 0.15) is 11.5 Å². The summed E-state index contributed by atoms with van der Waals surface area (Å²) in [5.74, 6) is 2.70. The zero-order valence-electron chi connectivity index (χ0n) is 14.1. The van der Waals surface area contributed by atoms with E-state index in [1.54, 1.807) is 14.2 Å². The minimum Gasteiger partial charge on any atom is -0.496 e. The van der Waals surface area contributed by atoms with Crippen LogP contribution in [-0.2, 0) is 4.74 Å². The average molecular weight is 320 g/mol. The van der Waals surface area contributed by atoms with E-state index in [4.69, 9.17) is 14.2 Å². The second-order valence-corrected chi connectivity index (χ2v) is 6.79. The third-order valence-electron chi connectivity index (χ3n) is 5.89. The van der Waals surface area contributed by atoms with Crippen LogP contribution < -0.4 is 9.47 Å². The highest BCUT2D eigenvalue weighted by atomic mass is 16.5.